The second kappa shape index (κ2) is 3.16. The zero-order chi connectivity index (χ0) is 11.1. The lowest BCUT2D eigenvalue weighted by atomic mass is 10.1. The minimum Gasteiger partial charge on any atom is -0.460 e. The molecule has 0 unspecified atom stereocenters. The fourth-order valence-electron chi connectivity index (χ4n) is 1.70. The molecular formula is C11H8N2O3. The van der Waals surface area contributed by atoms with Crippen molar-refractivity contribution in [3.8, 4) is 11.5 Å². The SMILES string of the molecule is Cc1ccc(-c2ncnc3c2C(=O)OC3)o1. The summed E-state index contributed by atoms with van der Waals surface area (Å²) in [5, 5.41) is 0. The number of aromatic nitrogens is 2. The van der Waals surface area contributed by atoms with E-state index in [1.165, 1.54) is 6.33 Å². The van der Waals surface area contributed by atoms with Gasteiger partial charge in [0.1, 0.15) is 30.0 Å². The number of fused-ring (bicyclic) bond motifs is 1. The number of hydrogen-bond acceptors (Lipinski definition) is 5. The van der Waals surface area contributed by atoms with E-state index in [2.05, 4.69) is 9.97 Å². The highest BCUT2D eigenvalue weighted by Gasteiger charge is 2.28. The van der Waals surface area contributed by atoms with Gasteiger partial charge in [0.15, 0.2) is 5.76 Å². The van der Waals surface area contributed by atoms with Crippen molar-refractivity contribution in [1.29, 1.82) is 0 Å². The number of aryl methyl sites for hydroxylation is 1. The molecule has 0 aromatic carbocycles. The average Bonchev–Trinajstić information content (AvgIpc) is 2.86. The van der Waals surface area contributed by atoms with Crippen molar-refractivity contribution in [3.63, 3.8) is 0 Å². The van der Waals surface area contributed by atoms with Crippen molar-refractivity contribution in [1.82, 2.24) is 9.97 Å². The monoisotopic (exact) mass is 216 g/mol. The number of furan rings is 1. The quantitative estimate of drug-likeness (QED) is 0.679. The maximum atomic E-state index is 11.5. The molecule has 0 spiro atoms. The molecule has 0 fully saturated rings. The van der Waals surface area contributed by atoms with E-state index >= 15 is 0 Å². The molecule has 80 valence electrons. The fraction of sp³-hybridized carbons (Fsp3) is 0.182. The molecular weight excluding hydrogens is 208 g/mol. The van der Waals surface area contributed by atoms with Gasteiger partial charge in [-0.15, -0.1) is 0 Å². The Kier molecular flexibility index (Phi) is 1.80. The molecule has 5 nitrogen and oxygen atoms in total. The Morgan fingerprint density at radius 2 is 2.19 bits per heavy atom. The molecule has 16 heavy (non-hydrogen) atoms. The molecule has 0 saturated carbocycles. The van der Waals surface area contributed by atoms with Gasteiger partial charge in [-0.3, -0.25) is 0 Å². The van der Waals surface area contributed by atoms with Crippen LogP contribution in [-0.2, 0) is 11.3 Å². The van der Waals surface area contributed by atoms with Crippen LogP contribution in [0.4, 0.5) is 0 Å². The Bertz CT molecular complexity index is 574. The van der Waals surface area contributed by atoms with Gasteiger partial charge >= 0.3 is 5.97 Å². The molecule has 3 rings (SSSR count). The molecule has 0 amide bonds. The van der Waals surface area contributed by atoms with E-state index in [1.807, 2.05) is 13.0 Å². The van der Waals surface area contributed by atoms with Gasteiger partial charge in [-0.2, -0.15) is 0 Å². The summed E-state index contributed by atoms with van der Waals surface area (Å²) in [6.45, 7) is 2.05. The first kappa shape index (κ1) is 9.08. The van der Waals surface area contributed by atoms with E-state index in [4.69, 9.17) is 9.15 Å². The number of rotatable bonds is 1. The first-order valence-corrected chi connectivity index (χ1v) is 4.83. The standard InChI is InChI=1S/C11H8N2O3/c1-6-2-3-8(16-6)10-9-7(12-5-13-10)4-15-11(9)14/h2-3,5H,4H2,1H3. The maximum absolute atomic E-state index is 11.5. The molecule has 0 bridgehead atoms. The molecule has 5 heteroatoms. The highest BCUT2D eigenvalue weighted by molar-refractivity contribution is 5.98. The van der Waals surface area contributed by atoms with Crippen molar-refractivity contribution < 1.29 is 13.9 Å². The molecule has 0 atom stereocenters. The highest BCUT2D eigenvalue weighted by Crippen LogP contribution is 2.28. The van der Waals surface area contributed by atoms with Gasteiger partial charge in [0, 0.05) is 0 Å². The summed E-state index contributed by atoms with van der Waals surface area (Å²) < 4.78 is 10.4. The molecule has 0 aliphatic carbocycles. The van der Waals surface area contributed by atoms with E-state index in [9.17, 15) is 4.79 Å². The lowest BCUT2D eigenvalue weighted by molar-refractivity contribution is 0.0533. The van der Waals surface area contributed by atoms with Crippen molar-refractivity contribution in [2.45, 2.75) is 13.5 Å². The Balaban J connectivity index is 2.22. The van der Waals surface area contributed by atoms with E-state index in [0.29, 0.717) is 22.7 Å². The minimum absolute atomic E-state index is 0.212. The summed E-state index contributed by atoms with van der Waals surface area (Å²) in [5.41, 5.74) is 1.53. The molecule has 3 heterocycles. The molecule has 2 aromatic rings. The predicted molar refractivity (Wildman–Crippen MR) is 53.6 cm³/mol. The Morgan fingerprint density at radius 3 is 2.94 bits per heavy atom. The van der Waals surface area contributed by atoms with Gasteiger partial charge in [0.05, 0.1) is 5.69 Å². The Labute approximate surface area is 91.1 Å². The lowest BCUT2D eigenvalue weighted by Gasteiger charge is -1.99. The average molecular weight is 216 g/mol. The number of hydrogen-bond donors (Lipinski definition) is 0. The van der Waals surface area contributed by atoms with Crippen LogP contribution in [0.15, 0.2) is 22.9 Å². The minimum atomic E-state index is -0.389. The normalized spacial score (nSPS) is 13.7. The molecule has 1 aliphatic rings. The summed E-state index contributed by atoms with van der Waals surface area (Å²) in [6, 6.07) is 3.60. The Morgan fingerprint density at radius 1 is 1.31 bits per heavy atom. The van der Waals surface area contributed by atoms with Crippen LogP contribution in [0, 0.1) is 6.92 Å². The number of ether oxygens (including phenoxy) is 1. The first-order valence-electron chi connectivity index (χ1n) is 4.83. The zero-order valence-electron chi connectivity index (χ0n) is 8.56. The summed E-state index contributed by atoms with van der Waals surface area (Å²) in [5.74, 6) is 0.948. The van der Waals surface area contributed by atoms with Crippen LogP contribution in [0.2, 0.25) is 0 Å². The maximum Gasteiger partial charge on any atom is 0.342 e. The van der Waals surface area contributed by atoms with Gasteiger partial charge in [-0.25, -0.2) is 14.8 Å². The summed E-state index contributed by atoms with van der Waals surface area (Å²) >= 11 is 0. The van der Waals surface area contributed by atoms with Crippen LogP contribution in [-0.4, -0.2) is 15.9 Å². The third kappa shape index (κ3) is 1.21. The molecule has 0 saturated heterocycles. The first-order chi connectivity index (χ1) is 7.75. The van der Waals surface area contributed by atoms with E-state index < -0.39 is 0 Å². The predicted octanol–water partition coefficient (Wildman–Crippen LogP) is 1.72. The van der Waals surface area contributed by atoms with Crippen LogP contribution < -0.4 is 0 Å². The van der Waals surface area contributed by atoms with Crippen molar-refractivity contribution in [2.24, 2.45) is 0 Å². The molecule has 1 aliphatic heterocycles. The van der Waals surface area contributed by atoms with Gasteiger partial charge in [0.2, 0.25) is 0 Å². The second-order valence-corrected chi connectivity index (χ2v) is 3.53. The van der Waals surface area contributed by atoms with Crippen LogP contribution in [0.3, 0.4) is 0 Å². The van der Waals surface area contributed by atoms with Crippen molar-refractivity contribution in [3.05, 3.63) is 35.5 Å². The largest absolute Gasteiger partial charge is 0.460 e. The molecule has 2 aromatic heterocycles. The van der Waals surface area contributed by atoms with Crippen LogP contribution in [0.25, 0.3) is 11.5 Å². The fourth-order valence-corrected chi connectivity index (χ4v) is 1.70. The smallest absolute Gasteiger partial charge is 0.342 e. The van der Waals surface area contributed by atoms with E-state index in [0.717, 1.165) is 5.76 Å². The van der Waals surface area contributed by atoms with E-state index in [1.54, 1.807) is 6.07 Å². The van der Waals surface area contributed by atoms with Gasteiger partial charge < -0.3 is 9.15 Å². The van der Waals surface area contributed by atoms with Crippen LogP contribution in [0.1, 0.15) is 21.8 Å². The van der Waals surface area contributed by atoms with Crippen molar-refractivity contribution in [2.75, 3.05) is 0 Å². The van der Waals surface area contributed by atoms with Crippen LogP contribution in [0.5, 0.6) is 0 Å². The van der Waals surface area contributed by atoms with Gasteiger partial charge in [-0.05, 0) is 19.1 Å². The van der Waals surface area contributed by atoms with E-state index in [-0.39, 0.29) is 12.6 Å². The van der Waals surface area contributed by atoms with Crippen LogP contribution >= 0.6 is 0 Å². The summed E-state index contributed by atoms with van der Waals surface area (Å²) in [6.07, 6.45) is 1.41. The summed E-state index contributed by atoms with van der Waals surface area (Å²) in [4.78, 5) is 19.6. The second-order valence-electron chi connectivity index (χ2n) is 3.53. The zero-order valence-corrected chi connectivity index (χ0v) is 8.56. The number of carbonyl (C=O) groups is 1. The van der Waals surface area contributed by atoms with Gasteiger partial charge in [0.25, 0.3) is 0 Å². The third-order valence-electron chi connectivity index (χ3n) is 2.44. The third-order valence-corrected chi connectivity index (χ3v) is 2.44. The number of cyclic esters (lactones) is 1. The lowest BCUT2D eigenvalue weighted by Crippen LogP contribution is -2.00. The Hall–Kier alpha value is -2.17. The van der Waals surface area contributed by atoms with Gasteiger partial charge in [-0.1, -0.05) is 0 Å². The van der Waals surface area contributed by atoms with Crippen molar-refractivity contribution >= 4 is 5.97 Å². The number of carbonyl (C=O) groups excluding carboxylic acids is 1. The number of esters is 1. The molecule has 0 radical (unpaired) electrons. The molecule has 0 N–H and O–H groups in total. The topological polar surface area (TPSA) is 65.2 Å². The highest BCUT2D eigenvalue weighted by atomic mass is 16.5. The summed E-state index contributed by atoms with van der Waals surface area (Å²) in [7, 11) is 0. The number of nitrogens with zero attached hydrogens (tertiary/aromatic N) is 2.